The molecule has 1 aliphatic rings. The minimum atomic E-state index is -0.503. The Labute approximate surface area is 179 Å². The maximum absolute atomic E-state index is 12.8. The van der Waals surface area contributed by atoms with Crippen molar-refractivity contribution in [1.29, 1.82) is 0 Å². The summed E-state index contributed by atoms with van der Waals surface area (Å²) in [6.45, 7) is 0.247. The fourth-order valence-electron chi connectivity index (χ4n) is 3.50. The fourth-order valence-corrected chi connectivity index (χ4v) is 3.50. The van der Waals surface area contributed by atoms with Gasteiger partial charge in [0.15, 0.2) is 5.82 Å². The molecule has 1 aliphatic heterocycles. The van der Waals surface area contributed by atoms with Crippen LogP contribution in [-0.4, -0.2) is 42.5 Å². The van der Waals surface area contributed by atoms with Gasteiger partial charge in [0.25, 0.3) is 0 Å². The van der Waals surface area contributed by atoms with Crippen LogP contribution < -0.4 is 19.7 Å². The monoisotopic (exact) mass is 418 g/mol. The Morgan fingerprint density at radius 3 is 2.48 bits per heavy atom. The van der Waals surface area contributed by atoms with Gasteiger partial charge in [-0.1, -0.05) is 30.3 Å². The average Bonchev–Trinajstić information content (AvgIpc) is 3.21. The Bertz CT molecular complexity index is 1090. The Morgan fingerprint density at radius 1 is 1.06 bits per heavy atom. The van der Waals surface area contributed by atoms with Crippen LogP contribution in [0.4, 0.5) is 11.4 Å². The molecule has 31 heavy (non-hydrogen) atoms. The topological polar surface area (TPSA) is 93.7 Å². The molecule has 4 rings (SSSR count). The molecule has 0 bridgehead atoms. The van der Waals surface area contributed by atoms with Crippen LogP contribution in [0.15, 0.2) is 60.9 Å². The first-order valence-corrected chi connectivity index (χ1v) is 9.79. The van der Waals surface area contributed by atoms with E-state index >= 15 is 0 Å². The molecule has 0 aliphatic carbocycles. The van der Waals surface area contributed by atoms with Crippen molar-refractivity contribution in [2.45, 2.75) is 6.42 Å². The van der Waals surface area contributed by atoms with Gasteiger partial charge in [0.05, 0.1) is 43.9 Å². The molecule has 1 fully saturated rings. The number of aromatic nitrogens is 2. The highest BCUT2D eigenvalue weighted by Crippen LogP contribution is 2.36. The summed E-state index contributed by atoms with van der Waals surface area (Å²) in [6, 6.07) is 14.8. The molecule has 0 saturated carbocycles. The number of hydrogen-bond acceptors (Lipinski definition) is 6. The maximum atomic E-state index is 12.8. The summed E-state index contributed by atoms with van der Waals surface area (Å²) in [4.78, 5) is 35.6. The number of amides is 2. The molecule has 0 spiro atoms. The fraction of sp³-hybridized carbons (Fsp3) is 0.217. The third-order valence-electron chi connectivity index (χ3n) is 5.12. The largest absolute Gasteiger partial charge is 0.497 e. The molecule has 8 heteroatoms. The molecule has 2 heterocycles. The van der Waals surface area contributed by atoms with Crippen molar-refractivity contribution in [2.75, 3.05) is 31.0 Å². The number of anilines is 2. The van der Waals surface area contributed by atoms with Gasteiger partial charge in [-0.2, -0.15) is 0 Å². The number of rotatable bonds is 6. The first-order valence-electron chi connectivity index (χ1n) is 9.79. The van der Waals surface area contributed by atoms with E-state index in [0.29, 0.717) is 28.7 Å². The van der Waals surface area contributed by atoms with Crippen molar-refractivity contribution in [1.82, 2.24) is 9.97 Å². The molecule has 0 radical (unpaired) electrons. The molecule has 0 unspecified atom stereocenters. The first kappa shape index (κ1) is 20.3. The second-order valence-electron chi connectivity index (χ2n) is 7.09. The summed E-state index contributed by atoms with van der Waals surface area (Å²) in [5.41, 5.74) is 1.96. The minimum Gasteiger partial charge on any atom is -0.497 e. The molecule has 1 N–H and O–H groups in total. The normalized spacial score (nSPS) is 15.6. The zero-order chi connectivity index (χ0) is 21.8. The standard InChI is InChI=1S/C23H22N4O4/c1-30-18-8-9-20(31-2)19(11-18)27-14-16(10-21(27)28)23(29)26-17-12-24-22(25-13-17)15-6-4-3-5-7-15/h3-9,11-13,16H,10,14H2,1-2H3,(H,26,29)/t16-/m1/s1. The van der Waals surface area contributed by atoms with Crippen LogP contribution in [-0.2, 0) is 9.59 Å². The molecule has 8 nitrogen and oxygen atoms in total. The van der Waals surface area contributed by atoms with Gasteiger partial charge in [0.1, 0.15) is 11.5 Å². The van der Waals surface area contributed by atoms with Crippen LogP contribution in [0, 0.1) is 5.92 Å². The van der Waals surface area contributed by atoms with Crippen molar-refractivity contribution in [3.8, 4) is 22.9 Å². The average molecular weight is 418 g/mol. The number of hydrogen-bond donors (Lipinski definition) is 1. The van der Waals surface area contributed by atoms with E-state index in [1.807, 2.05) is 30.3 Å². The minimum absolute atomic E-state index is 0.106. The summed E-state index contributed by atoms with van der Waals surface area (Å²) >= 11 is 0. The van der Waals surface area contributed by atoms with Crippen LogP contribution in [0.1, 0.15) is 6.42 Å². The zero-order valence-corrected chi connectivity index (χ0v) is 17.2. The summed E-state index contributed by atoms with van der Waals surface area (Å²) in [5.74, 6) is 0.812. The predicted molar refractivity (Wildman–Crippen MR) is 116 cm³/mol. The highest BCUT2D eigenvalue weighted by molar-refractivity contribution is 6.04. The second-order valence-corrected chi connectivity index (χ2v) is 7.09. The summed E-state index contributed by atoms with van der Waals surface area (Å²) in [5, 5.41) is 2.81. The Hall–Kier alpha value is -3.94. The van der Waals surface area contributed by atoms with Gasteiger partial charge in [-0.15, -0.1) is 0 Å². The highest BCUT2D eigenvalue weighted by atomic mass is 16.5. The SMILES string of the molecule is COc1ccc(OC)c(N2C[C@H](C(=O)Nc3cnc(-c4ccccc4)nc3)CC2=O)c1. The van der Waals surface area contributed by atoms with Gasteiger partial charge in [-0.3, -0.25) is 9.59 Å². The lowest BCUT2D eigenvalue weighted by atomic mass is 10.1. The lowest BCUT2D eigenvalue weighted by molar-refractivity contribution is -0.122. The molecule has 3 aromatic rings. The summed E-state index contributed by atoms with van der Waals surface area (Å²) in [6.07, 6.45) is 3.23. The van der Waals surface area contributed by atoms with E-state index in [1.54, 1.807) is 42.6 Å². The molecule has 1 aromatic heterocycles. The summed E-state index contributed by atoms with van der Waals surface area (Å²) in [7, 11) is 3.09. The van der Waals surface area contributed by atoms with Crippen molar-refractivity contribution < 1.29 is 19.1 Å². The maximum Gasteiger partial charge on any atom is 0.229 e. The van der Waals surface area contributed by atoms with E-state index in [-0.39, 0.29) is 24.8 Å². The van der Waals surface area contributed by atoms with Crippen molar-refractivity contribution >= 4 is 23.2 Å². The molecule has 2 amide bonds. The molecular formula is C23H22N4O4. The number of carbonyl (C=O) groups is 2. The number of carbonyl (C=O) groups excluding carboxylic acids is 2. The van der Waals surface area contributed by atoms with Gasteiger partial charge in [0, 0.05) is 24.6 Å². The van der Waals surface area contributed by atoms with Gasteiger partial charge in [-0.05, 0) is 12.1 Å². The molecule has 2 aromatic carbocycles. The first-order chi connectivity index (χ1) is 15.1. The van der Waals surface area contributed by atoms with E-state index in [4.69, 9.17) is 9.47 Å². The van der Waals surface area contributed by atoms with E-state index < -0.39 is 5.92 Å². The van der Waals surface area contributed by atoms with Gasteiger partial charge < -0.3 is 19.7 Å². The molecule has 1 saturated heterocycles. The Kier molecular flexibility index (Phi) is 5.79. The van der Waals surface area contributed by atoms with Crippen LogP contribution >= 0.6 is 0 Å². The second kappa shape index (κ2) is 8.83. The van der Waals surface area contributed by atoms with Crippen LogP contribution in [0.3, 0.4) is 0 Å². The van der Waals surface area contributed by atoms with Gasteiger partial charge in [0.2, 0.25) is 11.8 Å². The number of ether oxygens (including phenoxy) is 2. The van der Waals surface area contributed by atoms with Crippen molar-refractivity contribution in [3.05, 3.63) is 60.9 Å². The lowest BCUT2D eigenvalue weighted by Gasteiger charge is -2.20. The molecular weight excluding hydrogens is 396 g/mol. The molecule has 158 valence electrons. The van der Waals surface area contributed by atoms with Crippen molar-refractivity contribution in [3.63, 3.8) is 0 Å². The van der Waals surface area contributed by atoms with Crippen LogP contribution in [0.5, 0.6) is 11.5 Å². The van der Waals surface area contributed by atoms with E-state index in [0.717, 1.165) is 5.56 Å². The van der Waals surface area contributed by atoms with Gasteiger partial charge >= 0.3 is 0 Å². The van der Waals surface area contributed by atoms with Crippen LogP contribution in [0.2, 0.25) is 0 Å². The Morgan fingerprint density at radius 2 is 1.81 bits per heavy atom. The summed E-state index contributed by atoms with van der Waals surface area (Å²) < 4.78 is 10.6. The van der Waals surface area contributed by atoms with E-state index in [1.165, 1.54) is 7.11 Å². The number of nitrogens with zero attached hydrogens (tertiary/aromatic N) is 3. The van der Waals surface area contributed by atoms with Crippen LogP contribution in [0.25, 0.3) is 11.4 Å². The Balaban J connectivity index is 1.45. The lowest BCUT2D eigenvalue weighted by Crippen LogP contribution is -2.28. The van der Waals surface area contributed by atoms with E-state index in [2.05, 4.69) is 15.3 Å². The number of methoxy groups -OCH3 is 2. The number of nitrogens with one attached hydrogen (secondary N) is 1. The number of benzene rings is 2. The quantitative estimate of drug-likeness (QED) is 0.661. The highest BCUT2D eigenvalue weighted by Gasteiger charge is 2.36. The third-order valence-corrected chi connectivity index (χ3v) is 5.12. The van der Waals surface area contributed by atoms with E-state index in [9.17, 15) is 9.59 Å². The smallest absolute Gasteiger partial charge is 0.229 e. The van der Waals surface area contributed by atoms with Crippen molar-refractivity contribution in [2.24, 2.45) is 5.92 Å². The third kappa shape index (κ3) is 4.32. The van der Waals surface area contributed by atoms with Gasteiger partial charge in [-0.25, -0.2) is 9.97 Å². The predicted octanol–water partition coefficient (Wildman–Crippen LogP) is 3.15. The zero-order valence-electron chi connectivity index (χ0n) is 17.2. The molecule has 1 atom stereocenters.